The van der Waals surface area contributed by atoms with Crippen molar-refractivity contribution in [2.75, 3.05) is 6.54 Å². The predicted octanol–water partition coefficient (Wildman–Crippen LogP) is 4.53. The van der Waals surface area contributed by atoms with Gasteiger partial charge in [0.15, 0.2) is 0 Å². The van der Waals surface area contributed by atoms with Gasteiger partial charge in [0, 0.05) is 6.04 Å². The molecule has 1 aliphatic carbocycles. The highest BCUT2D eigenvalue weighted by molar-refractivity contribution is 5.44. The van der Waals surface area contributed by atoms with Gasteiger partial charge in [0.25, 0.3) is 0 Å². The number of benzene rings is 1. The molecule has 0 aliphatic heterocycles. The third-order valence-electron chi connectivity index (χ3n) is 4.20. The zero-order valence-electron chi connectivity index (χ0n) is 12.5. The first kappa shape index (κ1) is 13.6. The lowest BCUT2D eigenvalue weighted by molar-refractivity contribution is 0.427. The van der Waals surface area contributed by atoms with Gasteiger partial charge in [-0.1, -0.05) is 52.8 Å². The molecule has 0 saturated carbocycles. The number of fused-ring (bicyclic) bond motifs is 1. The van der Waals surface area contributed by atoms with Crippen molar-refractivity contribution in [1.82, 2.24) is 5.32 Å². The molecule has 100 valence electrons. The van der Waals surface area contributed by atoms with Gasteiger partial charge in [0.05, 0.1) is 0 Å². The van der Waals surface area contributed by atoms with E-state index in [9.17, 15) is 0 Å². The Morgan fingerprint density at radius 1 is 1.33 bits per heavy atom. The summed E-state index contributed by atoms with van der Waals surface area (Å²) in [4.78, 5) is 0. The van der Waals surface area contributed by atoms with Crippen LogP contribution in [0.15, 0.2) is 18.2 Å². The van der Waals surface area contributed by atoms with Crippen molar-refractivity contribution < 1.29 is 0 Å². The van der Waals surface area contributed by atoms with Gasteiger partial charge in [0.1, 0.15) is 0 Å². The van der Waals surface area contributed by atoms with E-state index in [1.165, 1.54) is 18.4 Å². The van der Waals surface area contributed by atoms with Crippen molar-refractivity contribution in [2.45, 2.75) is 64.8 Å². The lowest BCUT2D eigenvalue weighted by Gasteiger charge is -2.19. The third kappa shape index (κ3) is 2.47. The van der Waals surface area contributed by atoms with E-state index in [-0.39, 0.29) is 0 Å². The minimum absolute atomic E-state index is 0.316. The summed E-state index contributed by atoms with van der Waals surface area (Å²) in [7, 11) is 0. The van der Waals surface area contributed by atoms with Crippen LogP contribution in [0.1, 0.15) is 76.1 Å². The highest BCUT2D eigenvalue weighted by Crippen LogP contribution is 2.45. The minimum Gasteiger partial charge on any atom is -0.310 e. The van der Waals surface area contributed by atoms with Crippen LogP contribution in [0.4, 0.5) is 0 Å². The largest absolute Gasteiger partial charge is 0.310 e. The molecular formula is C17H27N. The molecule has 1 N–H and O–H groups in total. The summed E-state index contributed by atoms with van der Waals surface area (Å²) in [6, 6.07) is 7.65. The van der Waals surface area contributed by atoms with Crippen LogP contribution >= 0.6 is 0 Å². The molecule has 1 aromatic rings. The van der Waals surface area contributed by atoms with Crippen LogP contribution in [-0.2, 0) is 5.41 Å². The summed E-state index contributed by atoms with van der Waals surface area (Å²) in [5.74, 6) is 0.617. The van der Waals surface area contributed by atoms with Gasteiger partial charge in [-0.15, -0.1) is 0 Å². The lowest BCUT2D eigenvalue weighted by Crippen LogP contribution is -2.22. The smallest absolute Gasteiger partial charge is 0.0331 e. The van der Waals surface area contributed by atoms with Crippen LogP contribution in [0.25, 0.3) is 0 Å². The van der Waals surface area contributed by atoms with E-state index in [4.69, 9.17) is 0 Å². The summed E-state index contributed by atoms with van der Waals surface area (Å²) >= 11 is 0. The molecule has 1 aliphatic rings. The molecule has 0 amide bonds. The molecule has 1 heteroatoms. The van der Waals surface area contributed by atoms with Crippen LogP contribution in [0.3, 0.4) is 0 Å². The van der Waals surface area contributed by atoms with Crippen LogP contribution in [0.2, 0.25) is 0 Å². The number of nitrogens with one attached hydrogen (secondary N) is 1. The Bertz CT molecular complexity index is 418. The van der Waals surface area contributed by atoms with Crippen LogP contribution in [-0.4, -0.2) is 6.54 Å². The monoisotopic (exact) mass is 245 g/mol. The molecule has 1 atom stereocenters. The van der Waals surface area contributed by atoms with Gasteiger partial charge < -0.3 is 5.32 Å². The molecule has 0 fully saturated rings. The minimum atomic E-state index is 0.316. The summed E-state index contributed by atoms with van der Waals surface area (Å²) in [5.41, 5.74) is 4.87. The second-order valence-electron chi connectivity index (χ2n) is 6.60. The molecule has 18 heavy (non-hydrogen) atoms. The number of hydrogen-bond acceptors (Lipinski definition) is 1. The third-order valence-corrected chi connectivity index (χ3v) is 4.20. The Morgan fingerprint density at radius 2 is 2.06 bits per heavy atom. The molecule has 0 aromatic heterocycles. The van der Waals surface area contributed by atoms with E-state index in [2.05, 4.69) is 58.1 Å². The van der Waals surface area contributed by atoms with Crippen LogP contribution < -0.4 is 5.32 Å². The first-order chi connectivity index (χ1) is 8.45. The summed E-state index contributed by atoms with van der Waals surface area (Å²) < 4.78 is 0. The fraction of sp³-hybridized carbons (Fsp3) is 0.647. The SMILES string of the molecule is CCCNC1CC(C)(C)c2ccc(C(C)C)cc21. The van der Waals surface area contributed by atoms with Gasteiger partial charge in [0.2, 0.25) is 0 Å². The van der Waals surface area contributed by atoms with Crippen molar-refractivity contribution >= 4 is 0 Å². The van der Waals surface area contributed by atoms with Gasteiger partial charge in [-0.2, -0.15) is 0 Å². The molecule has 1 nitrogen and oxygen atoms in total. The molecule has 2 rings (SSSR count). The average Bonchev–Trinajstić information content (AvgIpc) is 2.58. The second-order valence-corrected chi connectivity index (χ2v) is 6.60. The molecule has 1 aromatic carbocycles. The van der Waals surface area contributed by atoms with Crippen LogP contribution in [0.5, 0.6) is 0 Å². The maximum atomic E-state index is 3.71. The second kappa shape index (κ2) is 5.05. The van der Waals surface area contributed by atoms with Crippen LogP contribution in [0, 0.1) is 0 Å². The normalized spacial score (nSPS) is 21.3. The van der Waals surface area contributed by atoms with Gasteiger partial charge in [-0.05, 0) is 47.4 Å². The number of rotatable bonds is 4. The summed E-state index contributed by atoms with van der Waals surface area (Å²) in [6.07, 6.45) is 2.43. The zero-order chi connectivity index (χ0) is 13.3. The maximum absolute atomic E-state index is 3.71. The van der Waals surface area contributed by atoms with E-state index in [1.54, 1.807) is 11.1 Å². The standard InChI is InChI=1S/C17H27N/c1-6-9-18-16-11-17(4,5)15-8-7-13(12(2)3)10-14(15)16/h7-8,10,12,16,18H,6,9,11H2,1-5H3. The van der Waals surface area contributed by atoms with E-state index in [1.807, 2.05) is 0 Å². The Morgan fingerprint density at radius 3 is 2.67 bits per heavy atom. The average molecular weight is 245 g/mol. The van der Waals surface area contributed by atoms with Gasteiger partial charge in [-0.25, -0.2) is 0 Å². The Hall–Kier alpha value is -0.820. The van der Waals surface area contributed by atoms with E-state index >= 15 is 0 Å². The fourth-order valence-electron chi connectivity index (χ4n) is 3.08. The summed E-state index contributed by atoms with van der Waals surface area (Å²) in [6.45, 7) is 12.6. The van der Waals surface area contributed by atoms with Crippen molar-refractivity contribution in [3.63, 3.8) is 0 Å². The van der Waals surface area contributed by atoms with E-state index in [0.717, 1.165) is 6.54 Å². The first-order valence-corrected chi connectivity index (χ1v) is 7.33. The molecule has 1 unspecified atom stereocenters. The topological polar surface area (TPSA) is 12.0 Å². The molecule has 0 bridgehead atoms. The van der Waals surface area contributed by atoms with Crippen molar-refractivity contribution in [2.24, 2.45) is 0 Å². The predicted molar refractivity (Wildman–Crippen MR) is 79.2 cm³/mol. The van der Waals surface area contributed by atoms with Crippen molar-refractivity contribution in [1.29, 1.82) is 0 Å². The number of hydrogen-bond donors (Lipinski definition) is 1. The fourth-order valence-corrected chi connectivity index (χ4v) is 3.08. The molecular weight excluding hydrogens is 218 g/mol. The molecule has 0 radical (unpaired) electrons. The Kier molecular flexibility index (Phi) is 3.82. The van der Waals surface area contributed by atoms with Crippen molar-refractivity contribution in [3.05, 3.63) is 34.9 Å². The lowest BCUT2D eigenvalue weighted by atomic mass is 9.85. The Balaban J connectivity index is 2.35. The molecule has 0 heterocycles. The highest BCUT2D eigenvalue weighted by Gasteiger charge is 2.36. The summed E-state index contributed by atoms with van der Waals surface area (Å²) in [5, 5.41) is 3.71. The first-order valence-electron chi connectivity index (χ1n) is 7.33. The zero-order valence-corrected chi connectivity index (χ0v) is 12.5. The maximum Gasteiger partial charge on any atom is 0.0331 e. The van der Waals surface area contributed by atoms with E-state index in [0.29, 0.717) is 17.4 Å². The highest BCUT2D eigenvalue weighted by atomic mass is 14.9. The molecule has 0 saturated heterocycles. The van der Waals surface area contributed by atoms with Crippen molar-refractivity contribution in [3.8, 4) is 0 Å². The van der Waals surface area contributed by atoms with Gasteiger partial charge >= 0.3 is 0 Å². The quantitative estimate of drug-likeness (QED) is 0.821. The Labute approximate surface area is 112 Å². The van der Waals surface area contributed by atoms with Gasteiger partial charge in [-0.3, -0.25) is 0 Å². The van der Waals surface area contributed by atoms with E-state index < -0.39 is 0 Å². The molecule has 0 spiro atoms.